The van der Waals surface area contributed by atoms with E-state index in [0.717, 1.165) is 53.8 Å². The van der Waals surface area contributed by atoms with E-state index in [1.807, 2.05) is 91.1 Å². The van der Waals surface area contributed by atoms with Crippen LogP contribution in [0, 0.1) is 0 Å². The number of alkyl carbamates (subject to hydrolysis) is 2. The van der Waals surface area contributed by atoms with Crippen LogP contribution in [0.4, 0.5) is 9.59 Å². The van der Waals surface area contributed by atoms with Crippen molar-refractivity contribution in [3.8, 4) is 33.8 Å². The van der Waals surface area contributed by atoms with Gasteiger partial charge in [0.15, 0.2) is 0 Å². The molecule has 4 N–H and O–H groups in total. The number of ether oxygens (including phenoxy) is 2. The Morgan fingerprint density at radius 3 is 1.53 bits per heavy atom. The first kappa shape index (κ1) is 39.5. The van der Waals surface area contributed by atoms with E-state index in [1.54, 1.807) is 34.3 Å². The second kappa shape index (κ2) is 17.7. The Kier molecular flexibility index (Phi) is 11.7. The second-order valence-electron chi connectivity index (χ2n) is 14.7. The molecular weight excluding hydrogens is 763 g/mol. The number of H-pyrrole nitrogens is 2. The number of nitrogens with one attached hydrogen (secondary N) is 4. The monoisotopic (exact) mass is 807 g/mol. The summed E-state index contributed by atoms with van der Waals surface area (Å²) in [6, 6.07) is 27.9. The Morgan fingerprint density at radius 2 is 1.05 bits per heavy atom. The molecule has 2 aliphatic heterocycles. The molecule has 3 aromatic carbocycles. The van der Waals surface area contributed by atoms with Gasteiger partial charge in [0.25, 0.3) is 11.8 Å². The number of aromatic nitrogens is 5. The van der Waals surface area contributed by atoms with Crippen LogP contribution in [0.25, 0.3) is 33.8 Å². The molecule has 15 nitrogen and oxygen atoms in total. The highest BCUT2D eigenvalue weighted by Gasteiger charge is 2.38. The van der Waals surface area contributed by atoms with Crippen molar-refractivity contribution in [3.05, 3.63) is 138 Å². The molecule has 0 spiro atoms. The van der Waals surface area contributed by atoms with Crippen molar-refractivity contribution < 1.29 is 28.7 Å². The number of carbonyl (C=O) groups is 4. The lowest BCUT2D eigenvalue weighted by Crippen LogP contribution is -2.42. The average Bonchev–Trinajstić information content (AvgIpc) is 4.15. The summed E-state index contributed by atoms with van der Waals surface area (Å²) in [5.74, 6) is 0.888. The predicted octanol–water partition coefficient (Wildman–Crippen LogP) is 7.05. The maximum absolute atomic E-state index is 13.9. The zero-order valence-corrected chi connectivity index (χ0v) is 33.2. The van der Waals surface area contributed by atoms with Crippen LogP contribution in [0.15, 0.2) is 116 Å². The molecule has 4 atom stereocenters. The van der Waals surface area contributed by atoms with E-state index in [4.69, 9.17) is 19.4 Å². The summed E-state index contributed by atoms with van der Waals surface area (Å²) in [6.45, 7) is 1.08. The molecule has 4 amide bonds. The molecule has 2 aliphatic rings. The van der Waals surface area contributed by atoms with Gasteiger partial charge in [-0.1, -0.05) is 91.0 Å². The van der Waals surface area contributed by atoms with Crippen molar-refractivity contribution in [2.45, 2.75) is 49.9 Å². The Morgan fingerprint density at radius 1 is 0.583 bits per heavy atom. The first-order chi connectivity index (χ1) is 29.3. The van der Waals surface area contributed by atoms with Crippen LogP contribution in [0.2, 0.25) is 0 Å². The van der Waals surface area contributed by atoms with Gasteiger partial charge in [-0.15, -0.1) is 0 Å². The van der Waals surface area contributed by atoms with E-state index >= 15 is 0 Å². The maximum atomic E-state index is 13.9. The summed E-state index contributed by atoms with van der Waals surface area (Å²) in [6.07, 6.45) is 7.04. The van der Waals surface area contributed by atoms with Crippen molar-refractivity contribution >= 4 is 24.0 Å². The van der Waals surface area contributed by atoms with Crippen molar-refractivity contribution in [2.75, 3.05) is 27.3 Å². The third kappa shape index (κ3) is 8.32. The third-order valence-electron chi connectivity index (χ3n) is 11.1. The van der Waals surface area contributed by atoms with Gasteiger partial charge in [-0.2, -0.15) is 0 Å². The van der Waals surface area contributed by atoms with E-state index in [-0.39, 0.29) is 23.9 Å². The maximum Gasteiger partial charge on any atom is 0.407 e. The molecule has 0 aliphatic carbocycles. The number of carbonyl (C=O) groups excluding carboxylic acids is 4. The summed E-state index contributed by atoms with van der Waals surface area (Å²) in [5.41, 5.74) is 6.45. The summed E-state index contributed by atoms with van der Waals surface area (Å²) in [5, 5.41) is 5.41. The van der Waals surface area contributed by atoms with E-state index in [1.165, 1.54) is 14.2 Å². The number of aromatic amines is 2. The smallest absolute Gasteiger partial charge is 0.407 e. The van der Waals surface area contributed by atoms with Crippen LogP contribution in [-0.4, -0.2) is 86.0 Å². The fourth-order valence-corrected chi connectivity index (χ4v) is 8.04. The number of rotatable bonds is 11. The van der Waals surface area contributed by atoms with Crippen molar-refractivity contribution in [1.29, 1.82) is 0 Å². The van der Waals surface area contributed by atoms with Crippen LogP contribution in [0.1, 0.15) is 72.6 Å². The summed E-state index contributed by atoms with van der Waals surface area (Å²) in [7, 11) is 2.55. The number of likely N-dealkylation sites (tertiary alicyclic amines) is 2. The highest BCUT2D eigenvalue weighted by atomic mass is 16.5. The van der Waals surface area contributed by atoms with Crippen LogP contribution in [-0.2, 0) is 19.1 Å². The average molecular weight is 808 g/mol. The van der Waals surface area contributed by atoms with Gasteiger partial charge in [-0.3, -0.25) is 14.6 Å². The molecule has 0 radical (unpaired) electrons. The number of amides is 4. The molecule has 6 aromatic rings. The number of hydrogen-bond acceptors (Lipinski definition) is 9. The zero-order valence-electron chi connectivity index (χ0n) is 33.2. The molecule has 8 rings (SSSR count). The lowest BCUT2D eigenvalue weighted by Gasteiger charge is -2.28. The molecule has 0 bridgehead atoms. The minimum Gasteiger partial charge on any atom is -0.453 e. The normalized spacial score (nSPS) is 17.2. The molecule has 3 aromatic heterocycles. The number of benzene rings is 3. The molecule has 2 saturated heterocycles. The highest BCUT2D eigenvalue weighted by molar-refractivity contribution is 5.88. The Hall–Kier alpha value is -7.29. The standard InChI is InChI=1S/C45H45N9O6/c1-59-44(57)51-38(30-11-5-3-6-12-30)42(55)53-23-9-15-36(53)40-47-26-34(49-40)29-19-17-28(18-20-29)32-21-22-33(46-25-32)35-27-48-41(50-35)37-16-10-24-54(37)43(56)39(52-45(58)60-2)31-13-7-4-8-14-31/h3-8,11-14,17-22,25-27,36-39H,9-10,15-16,23-24H2,1-2H3,(H,47,49)(H,48,50)(H,51,57)(H,52,58)/t36-,37-,38+,39+/m0/s1. The number of methoxy groups -OCH3 is 2. The van der Waals surface area contributed by atoms with Crippen molar-refractivity contribution in [2.24, 2.45) is 0 Å². The molecule has 5 heterocycles. The molecule has 306 valence electrons. The lowest BCUT2D eigenvalue weighted by molar-refractivity contribution is -0.135. The first-order valence-corrected chi connectivity index (χ1v) is 19.9. The van der Waals surface area contributed by atoms with Crippen LogP contribution >= 0.6 is 0 Å². The molecule has 2 fully saturated rings. The number of nitrogens with zero attached hydrogens (tertiary/aromatic N) is 5. The van der Waals surface area contributed by atoms with Crippen LogP contribution < -0.4 is 10.6 Å². The number of imidazole rings is 2. The van der Waals surface area contributed by atoms with Crippen LogP contribution in [0.5, 0.6) is 0 Å². The van der Waals surface area contributed by atoms with Gasteiger partial charge in [0.2, 0.25) is 0 Å². The Labute approximate surface area is 346 Å². The quantitative estimate of drug-likeness (QED) is 0.106. The van der Waals surface area contributed by atoms with Crippen LogP contribution in [0.3, 0.4) is 0 Å². The number of pyridine rings is 1. The first-order valence-electron chi connectivity index (χ1n) is 19.9. The van der Waals surface area contributed by atoms with Gasteiger partial charge >= 0.3 is 12.2 Å². The largest absolute Gasteiger partial charge is 0.453 e. The van der Waals surface area contributed by atoms with Crippen molar-refractivity contribution in [1.82, 2.24) is 45.4 Å². The van der Waals surface area contributed by atoms with Gasteiger partial charge in [0, 0.05) is 24.8 Å². The summed E-state index contributed by atoms with van der Waals surface area (Å²) >= 11 is 0. The molecule has 60 heavy (non-hydrogen) atoms. The minimum absolute atomic E-state index is 0.222. The van der Waals surface area contributed by atoms with E-state index in [9.17, 15) is 19.2 Å². The third-order valence-corrected chi connectivity index (χ3v) is 11.1. The van der Waals surface area contributed by atoms with Gasteiger partial charge in [-0.25, -0.2) is 19.6 Å². The molecule has 15 heteroatoms. The van der Waals surface area contributed by atoms with Gasteiger partial charge < -0.3 is 39.9 Å². The van der Waals surface area contributed by atoms with E-state index in [0.29, 0.717) is 41.6 Å². The van der Waals surface area contributed by atoms with Gasteiger partial charge in [0.1, 0.15) is 23.7 Å². The fourth-order valence-electron chi connectivity index (χ4n) is 8.04. The summed E-state index contributed by atoms with van der Waals surface area (Å²) in [4.78, 5) is 76.7. The SMILES string of the molecule is COC(=O)N[C@@H](C(=O)N1CCC[C@H]1c1ncc(-c2ccc(-c3ccc(-c4cnc([C@@H]5CCCN5C(=O)[C@H](NC(=O)OC)c5ccccc5)[nH]4)nc3)cc2)[nH]1)c1ccccc1. The van der Waals surface area contributed by atoms with Crippen molar-refractivity contribution in [3.63, 3.8) is 0 Å². The number of hydrogen-bond donors (Lipinski definition) is 4. The minimum atomic E-state index is -0.896. The van der Waals surface area contributed by atoms with E-state index < -0.39 is 24.3 Å². The van der Waals surface area contributed by atoms with Gasteiger partial charge in [0.05, 0.1) is 55.8 Å². The summed E-state index contributed by atoms with van der Waals surface area (Å²) < 4.78 is 9.64. The lowest BCUT2D eigenvalue weighted by atomic mass is 10.0. The van der Waals surface area contributed by atoms with Gasteiger partial charge in [-0.05, 0) is 54.0 Å². The molecule has 0 saturated carbocycles. The molecule has 0 unspecified atom stereocenters. The Balaban J connectivity index is 0.928. The Bertz CT molecular complexity index is 2270. The topological polar surface area (TPSA) is 188 Å². The second-order valence-corrected chi connectivity index (χ2v) is 14.7. The van der Waals surface area contributed by atoms with E-state index in [2.05, 4.69) is 25.6 Å². The highest BCUT2D eigenvalue weighted by Crippen LogP contribution is 2.36. The predicted molar refractivity (Wildman–Crippen MR) is 222 cm³/mol. The fraction of sp³-hybridized carbons (Fsp3) is 0.267. The molecular formula is C45H45N9O6. The zero-order chi connectivity index (χ0) is 41.6.